The van der Waals surface area contributed by atoms with E-state index >= 15 is 0 Å². The van der Waals surface area contributed by atoms with E-state index in [-0.39, 0.29) is 36.2 Å². The van der Waals surface area contributed by atoms with Gasteiger partial charge in [-0.2, -0.15) is 4.98 Å². The molecule has 0 aliphatic carbocycles. The molecule has 1 aliphatic rings. The van der Waals surface area contributed by atoms with Crippen LogP contribution in [-0.2, 0) is 25.6 Å². The topological polar surface area (TPSA) is 168 Å². The van der Waals surface area contributed by atoms with Crippen molar-refractivity contribution in [2.75, 3.05) is 27.3 Å². The Hall–Kier alpha value is -4.68. The third kappa shape index (κ3) is 9.91. The van der Waals surface area contributed by atoms with E-state index in [1.54, 1.807) is 0 Å². The second kappa shape index (κ2) is 16.4. The Bertz CT molecular complexity index is 1350. The van der Waals surface area contributed by atoms with Crippen molar-refractivity contribution in [3.05, 3.63) is 53.6 Å². The van der Waals surface area contributed by atoms with E-state index in [1.165, 1.54) is 38.2 Å². The second-order valence-electron chi connectivity index (χ2n) is 11.4. The van der Waals surface area contributed by atoms with Gasteiger partial charge in [-0.25, -0.2) is 0 Å². The lowest BCUT2D eigenvalue weighted by Gasteiger charge is -2.29. The van der Waals surface area contributed by atoms with Crippen molar-refractivity contribution >= 4 is 29.5 Å². The number of ether oxygens (including phenoxy) is 2. The summed E-state index contributed by atoms with van der Waals surface area (Å²) in [5.41, 5.74) is 0.911. The summed E-state index contributed by atoms with van der Waals surface area (Å²) < 4.78 is 10.5. The number of aromatic nitrogens is 1. The molecule has 0 saturated carbocycles. The van der Waals surface area contributed by atoms with Crippen molar-refractivity contribution in [1.29, 1.82) is 0 Å². The van der Waals surface area contributed by atoms with E-state index in [9.17, 15) is 24.0 Å². The third-order valence-corrected chi connectivity index (χ3v) is 7.40. The summed E-state index contributed by atoms with van der Waals surface area (Å²) in [4.78, 5) is 72.9. The zero-order valence-corrected chi connectivity index (χ0v) is 26.7. The summed E-state index contributed by atoms with van der Waals surface area (Å²) in [6.45, 7) is 6.70. The number of carbonyl (C=O) groups excluding carboxylic acids is 5. The van der Waals surface area contributed by atoms with Crippen LogP contribution in [-0.4, -0.2) is 90.9 Å². The fraction of sp³-hybridized carbons (Fsp3) is 0.500. The molecule has 0 spiro atoms. The molecule has 2 aromatic rings. The van der Waals surface area contributed by atoms with Gasteiger partial charge >= 0.3 is 0 Å². The molecule has 3 rings (SSSR count). The summed E-state index contributed by atoms with van der Waals surface area (Å²) in [5.74, 6) is -2.44. The molecule has 4 N–H and O–H groups in total. The number of methoxy groups -OCH3 is 2. The van der Waals surface area contributed by atoms with E-state index in [0.29, 0.717) is 12.8 Å². The van der Waals surface area contributed by atoms with Crippen molar-refractivity contribution in [3.8, 4) is 11.8 Å². The molecule has 5 amide bonds. The Morgan fingerprint density at radius 1 is 0.911 bits per heavy atom. The SMILES string of the molecule is CC[C@H]1CN(C(=O)c2ccc(OC)nc2OC)CC(=O)N[C@H](C)C(=O)N[C@@H](CC(C)C)C(=O)N[C@@H](Cc2ccccc2)C(=O)N1. The van der Waals surface area contributed by atoms with Gasteiger partial charge in [0.1, 0.15) is 23.7 Å². The maximum Gasteiger partial charge on any atom is 0.259 e. The van der Waals surface area contributed by atoms with Crippen molar-refractivity contribution < 1.29 is 33.4 Å². The lowest BCUT2D eigenvalue weighted by Crippen LogP contribution is -2.57. The molecule has 13 nitrogen and oxygen atoms in total. The number of carbonyl (C=O) groups is 5. The molecule has 2 heterocycles. The predicted molar refractivity (Wildman–Crippen MR) is 167 cm³/mol. The Balaban J connectivity index is 2.01. The Morgan fingerprint density at radius 2 is 1.58 bits per heavy atom. The lowest BCUT2D eigenvalue weighted by atomic mass is 10.0. The zero-order chi connectivity index (χ0) is 33.1. The highest BCUT2D eigenvalue weighted by Crippen LogP contribution is 2.22. The van der Waals surface area contributed by atoms with Gasteiger partial charge in [0.05, 0.1) is 20.8 Å². The Morgan fingerprint density at radius 3 is 2.20 bits per heavy atom. The second-order valence-corrected chi connectivity index (χ2v) is 11.4. The number of hydrogen-bond donors (Lipinski definition) is 4. The van der Waals surface area contributed by atoms with Gasteiger partial charge in [0.25, 0.3) is 5.91 Å². The maximum atomic E-state index is 13.8. The van der Waals surface area contributed by atoms with E-state index < -0.39 is 60.2 Å². The number of rotatable bonds is 8. The normalized spacial score (nSPS) is 21.9. The molecule has 1 aromatic carbocycles. The minimum atomic E-state index is -1.01. The fourth-order valence-corrected chi connectivity index (χ4v) is 4.95. The number of nitrogens with zero attached hydrogens (tertiary/aromatic N) is 2. The van der Waals surface area contributed by atoms with E-state index in [1.807, 2.05) is 51.1 Å². The molecular formula is C32H44N6O7. The van der Waals surface area contributed by atoms with Gasteiger partial charge in [0.2, 0.25) is 35.4 Å². The molecule has 0 unspecified atom stereocenters. The van der Waals surface area contributed by atoms with Crippen molar-refractivity contribution in [2.24, 2.45) is 5.92 Å². The predicted octanol–water partition coefficient (Wildman–Crippen LogP) is 1.21. The number of pyridine rings is 1. The molecular weight excluding hydrogens is 580 g/mol. The quantitative estimate of drug-likeness (QED) is 0.340. The molecule has 13 heteroatoms. The average molecular weight is 625 g/mol. The molecule has 4 atom stereocenters. The third-order valence-electron chi connectivity index (χ3n) is 7.40. The van der Waals surface area contributed by atoms with Crippen molar-refractivity contribution in [2.45, 2.75) is 71.1 Å². The van der Waals surface area contributed by atoms with Crippen LogP contribution in [0, 0.1) is 5.92 Å². The van der Waals surface area contributed by atoms with Gasteiger partial charge in [-0.05, 0) is 37.3 Å². The van der Waals surface area contributed by atoms with E-state index in [4.69, 9.17) is 9.47 Å². The van der Waals surface area contributed by atoms with Crippen LogP contribution in [0.2, 0.25) is 0 Å². The van der Waals surface area contributed by atoms with Crippen LogP contribution >= 0.6 is 0 Å². The first-order valence-electron chi connectivity index (χ1n) is 15.1. The number of amides is 5. The summed E-state index contributed by atoms with van der Waals surface area (Å²) >= 11 is 0. The average Bonchev–Trinajstić information content (AvgIpc) is 3.02. The minimum Gasteiger partial charge on any atom is -0.481 e. The van der Waals surface area contributed by atoms with Crippen LogP contribution < -0.4 is 30.7 Å². The highest BCUT2D eigenvalue weighted by molar-refractivity contribution is 5.99. The largest absolute Gasteiger partial charge is 0.481 e. The molecule has 1 aromatic heterocycles. The molecule has 0 radical (unpaired) electrons. The highest BCUT2D eigenvalue weighted by atomic mass is 16.5. The smallest absolute Gasteiger partial charge is 0.259 e. The van der Waals surface area contributed by atoms with E-state index in [2.05, 4.69) is 26.3 Å². The van der Waals surface area contributed by atoms with Crippen LogP contribution in [0.25, 0.3) is 0 Å². The highest BCUT2D eigenvalue weighted by Gasteiger charge is 2.32. The van der Waals surface area contributed by atoms with Gasteiger partial charge in [0.15, 0.2) is 0 Å². The standard InChI is InChI=1S/C32H44N6O7/c1-7-22-17-38(32(43)23-13-14-27(44-5)37-31(23)45-6)18-26(39)33-20(4)28(40)35-24(15-19(2)3)30(42)36-25(29(41)34-22)16-21-11-9-8-10-12-21/h8-14,19-20,22,24-25H,7,15-18H2,1-6H3,(H,33,39)(H,34,41)(H,35,40)(H,36,42)/t20-,22+,24+,25+/m1/s1. The first-order valence-corrected chi connectivity index (χ1v) is 15.1. The zero-order valence-electron chi connectivity index (χ0n) is 26.7. The number of benzene rings is 1. The molecule has 45 heavy (non-hydrogen) atoms. The lowest BCUT2D eigenvalue weighted by molar-refractivity contribution is -0.133. The van der Waals surface area contributed by atoms with Gasteiger partial charge in [-0.1, -0.05) is 51.1 Å². The Labute approximate surface area is 263 Å². The molecule has 0 bridgehead atoms. The summed E-state index contributed by atoms with van der Waals surface area (Å²) in [6.07, 6.45) is 0.925. The number of hydrogen-bond acceptors (Lipinski definition) is 8. The molecule has 1 fully saturated rings. The van der Waals surface area contributed by atoms with Crippen LogP contribution in [0.1, 0.15) is 56.5 Å². The van der Waals surface area contributed by atoms with Gasteiger partial charge in [-0.15, -0.1) is 0 Å². The maximum absolute atomic E-state index is 13.8. The Kier molecular flexibility index (Phi) is 12.7. The fourth-order valence-electron chi connectivity index (χ4n) is 4.95. The van der Waals surface area contributed by atoms with Crippen LogP contribution in [0.5, 0.6) is 11.8 Å². The van der Waals surface area contributed by atoms with E-state index in [0.717, 1.165) is 5.56 Å². The summed E-state index contributed by atoms with van der Waals surface area (Å²) in [7, 11) is 2.79. The van der Waals surface area contributed by atoms with Crippen LogP contribution in [0.15, 0.2) is 42.5 Å². The van der Waals surface area contributed by atoms with Crippen molar-refractivity contribution in [3.63, 3.8) is 0 Å². The summed E-state index contributed by atoms with van der Waals surface area (Å²) in [6, 6.07) is 8.72. The van der Waals surface area contributed by atoms with Crippen LogP contribution in [0.3, 0.4) is 0 Å². The van der Waals surface area contributed by atoms with Gasteiger partial charge < -0.3 is 35.6 Å². The molecule has 244 valence electrons. The summed E-state index contributed by atoms with van der Waals surface area (Å²) in [5, 5.41) is 11.2. The molecule has 1 aliphatic heterocycles. The number of nitrogens with one attached hydrogen (secondary N) is 4. The van der Waals surface area contributed by atoms with Gasteiger partial charge in [-0.3, -0.25) is 24.0 Å². The van der Waals surface area contributed by atoms with Crippen LogP contribution in [0.4, 0.5) is 0 Å². The first-order chi connectivity index (χ1) is 21.4. The van der Waals surface area contributed by atoms with Gasteiger partial charge in [0, 0.05) is 25.1 Å². The molecule has 1 saturated heterocycles. The minimum absolute atomic E-state index is 0.00214. The van der Waals surface area contributed by atoms with Crippen molar-refractivity contribution in [1.82, 2.24) is 31.2 Å². The monoisotopic (exact) mass is 624 g/mol. The first kappa shape index (κ1) is 34.8.